The van der Waals surface area contributed by atoms with Crippen LogP contribution < -0.4 is 0 Å². The van der Waals surface area contributed by atoms with Gasteiger partial charge < -0.3 is 5.11 Å². The molecule has 0 aliphatic heterocycles. The maximum absolute atomic E-state index is 9.30. The molecule has 0 fully saturated rings. The molecule has 2 aromatic rings. The molecule has 0 unspecified atom stereocenters. The quantitative estimate of drug-likeness (QED) is 0.841. The van der Waals surface area contributed by atoms with E-state index in [1.807, 2.05) is 37.3 Å². The summed E-state index contributed by atoms with van der Waals surface area (Å²) in [5, 5.41) is 17.4. The molecule has 0 atom stereocenters. The summed E-state index contributed by atoms with van der Waals surface area (Å²) in [4.78, 5) is 0. The van der Waals surface area contributed by atoms with Gasteiger partial charge in [-0.15, -0.1) is 5.10 Å². The molecule has 0 amide bonds. The van der Waals surface area contributed by atoms with Gasteiger partial charge in [0, 0.05) is 0 Å². The molecule has 4 nitrogen and oxygen atoms in total. The minimum Gasteiger partial charge on any atom is -0.390 e. The molecule has 0 saturated heterocycles. The highest BCUT2D eigenvalue weighted by atomic mass is 16.3. The molecule has 0 aliphatic rings. The van der Waals surface area contributed by atoms with Crippen LogP contribution >= 0.6 is 0 Å². The van der Waals surface area contributed by atoms with Crippen LogP contribution in [0.2, 0.25) is 0 Å². The minimum atomic E-state index is -0.0109. The highest BCUT2D eigenvalue weighted by molar-refractivity contribution is 5.17. The van der Waals surface area contributed by atoms with E-state index in [9.17, 15) is 5.11 Å². The number of aromatic nitrogens is 3. The number of aliphatic hydroxyl groups excluding tert-OH is 1. The zero-order chi connectivity index (χ0) is 11.4. The van der Waals surface area contributed by atoms with Crippen LogP contribution in [0.3, 0.4) is 0 Å². The fraction of sp³-hybridized carbons (Fsp3) is 0.333. The van der Waals surface area contributed by atoms with Crippen LogP contribution in [0.5, 0.6) is 0 Å². The summed E-state index contributed by atoms with van der Waals surface area (Å²) in [6.45, 7) is 2.66. The van der Waals surface area contributed by atoms with Crippen LogP contribution in [-0.2, 0) is 19.6 Å². The number of aliphatic hydroxyl groups is 1. The number of nitrogens with zero attached hydrogens (tertiary/aromatic N) is 3. The third kappa shape index (κ3) is 2.12. The maximum Gasteiger partial charge on any atom is 0.0880 e. The van der Waals surface area contributed by atoms with Gasteiger partial charge in [0.15, 0.2) is 0 Å². The SMILES string of the molecule is CCc1nnn(Cc2ccccc2)c1CO. The van der Waals surface area contributed by atoms with E-state index in [0.29, 0.717) is 6.54 Å². The van der Waals surface area contributed by atoms with Crippen molar-refractivity contribution in [3.05, 3.63) is 47.3 Å². The van der Waals surface area contributed by atoms with E-state index in [-0.39, 0.29) is 6.61 Å². The predicted octanol–water partition coefficient (Wildman–Crippen LogP) is 1.38. The summed E-state index contributed by atoms with van der Waals surface area (Å²) in [6.07, 6.45) is 0.796. The Morgan fingerprint density at radius 2 is 2.00 bits per heavy atom. The highest BCUT2D eigenvalue weighted by Gasteiger charge is 2.09. The van der Waals surface area contributed by atoms with Gasteiger partial charge in [-0.2, -0.15) is 0 Å². The van der Waals surface area contributed by atoms with Crippen molar-refractivity contribution in [1.29, 1.82) is 0 Å². The Labute approximate surface area is 94.5 Å². The Morgan fingerprint density at radius 3 is 2.62 bits per heavy atom. The van der Waals surface area contributed by atoms with Gasteiger partial charge in [-0.05, 0) is 12.0 Å². The Balaban J connectivity index is 2.25. The molecule has 1 aromatic heterocycles. The predicted molar refractivity (Wildman–Crippen MR) is 60.9 cm³/mol. The van der Waals surface area contributed by atoms with E-state index in [2.05, 4.69) is 10.3 Å². The number of rotatable bonds is 4. The molecule has 16 heavy (non-hydrogen) atoms. The van der Waals surface area contributed by atoms with Crippen LogP contribution in [0.25, 0.3) is 0 Å². The van der Waals surface area contributed by atoms with Crippen LogP contribution in [0.1, 0.15) is 23.9 Å². The van der Waals surface area contributed by atoms with Gasteiger partial charge >= 0.3 is 0 Å². The average molecular weight is 217 g/mol. The molecule has 0 bridgehead atoms. The Morgan fingerprint density at radius 1 is 1.25 bits per heavy atom. The summed E-state index contributed by atoms with van der Waals surface area (Å²) in [6, 6.07) is 10.0. The normalized spacial score (nSPS) is 10.6. The minimum absolute atomic E-state index is 0.0109. The van der Waals surface area contributed by atoms with Gasteiger partial charge in [-0.3, -0.25) is 0 Å². The lowest BCUT2D eigenvalue weighted by Gasteiger charge is -2.04. The van der Waals surface area contributed by atoms with E-state index < -0.39 is 0 Å². The first-order valence-corrected chi connectivity index (χ1v) is 5.41. The molecule has 0 radical (unpaired) electrons. The van der Waals surface area contributed by atoms with Gasteiger partial charge in [0.2, 0.25) is 0 Å². The largest absolute Gasteiger partial charge is 0.390 e. The lowest BCUT2D eigenvalue weighted by atomic mass is 10.2. The van der Waals surface area contributed by atoms with E-state index in [0.717, 1.165) is 23.4 Å². The maximum atomic E-state index is 9.30. The van der Waals surface area contributed by atoms with Crippen LogP contribution in [0.4, 0.5) is 0 Å². The van der Waals surface area contributed by atoms with E-state index in [1.54, 1.807) is 4.68 Å². The standard InChI is InChI=1S/C12H15N3O/c1-2-11-12(9-16)15(14-13-11)8-10-6-4-3-5-7-10/h3-7,16H,2,8-9H2,1H3. The number of hydrogen-bond acceptors (Lipinski definition) is 3. The van der Waals surface area contributed by atoms with Gasteiger partial charge in [0.1, 0.15) is 0 Å². The summed E-state index contributed by atoms with van der Waals surface area (Å²) in [5.74, 6) is 0. The monoisotopic (exact) mass is 217 g/mol. The van der Waals surface area contributed by atoms with Crippen molar-refractivity contribution in [3.8, 4) is 0 Å². The van der Waals surface area contributed by atoms with Gasteiger partial charge in [0.05, 0.1) is 24.5 Å². The summed E-state index contributed by atoms with van der Waals surface area (Å²) < 4.78 is 1.76. The average Bonchev–Trinajstić information content (AvgIpc) is 2.72. The third-order valence-electron chi connectivity index (χ3n) is 2.58. The second kappa shape index (κ2) is 4.90. The molecule has 1 heterocycles. The topological polar surface area (TPSA) is 50.9 Å². The van der Waals surface area contributed by atoms with Gasteiger partial charge in [0.25, 0.3) is 0 Å². The Hall–Kier alpha value is -1.68. The van der Waals surface area contributed by atoms with Gasteiger partial charge in [-0.25, -0.2) is 4.68 Å². The summed E-state index contributed by atoms with van der Waals surface area (Å²) in [5.41, 5.74) is 2.84. The summed E-state index contributed by atoms with van der Waals surface area (Å²) >= 11 is 0. The van der Waals surface area contributed by atoms with Crippen LogP contribution in [0, 0.1) is 0 Å². The number of aryl methyl sites for hydroxylation is 1. The molecule has 0 saturated carbocycles. The molecule has 0 spiro atoms. The summed E-state index contributed by atoms with van der Waals surface area (Å²) in [7, 11) is 0. The molecule has 84 valence electrons. The molecule has 1 aromatic carbocycles. The highest BCUT2D eigenvalue weighted by Crippen LogP contribution is 2.09. The molecule has 2 rings (SSSR count). The molecule has 0 aliphatic carbocycles. The van der Waals surface area contributed by atoms with E-state index in [1.165, 1.54) is 0 Å². The Bertz CT molecular complexity index is 451. The van der Waals surface area contributed by atoms with Crippen molar-refractivity contribution in [1.82, 2.24) is 15.0 Å². The first kappa shape index (κ1) is 10.8. The Kier molecular flexibility index (Phi) is 3.31. The van der Waals surface area contributed by atoms with Crippen molar-refractivity contribution < 1.29 is 5.11 Å². The van der Waals surface area contributed by atoms with E-state index in [4.69, 9.17) is 0 Å². The molecular weight excluding hydrogens is 202 g/mol. The lowest BCUT2D eigenvalue weighted by molar-refractivity contribution is 0.268. The van der Waals surface area contributed by atoms with Crippen LogP contribution in [-0.4, -0.2) is 20.1 Å². The molecule has 4 heteroatoms. The van der Waals surface area contributed by atoms with Crippen molar-refractivity contribution in [2.75, 3.05) is 0 Å². The van der Waals surface area contributed by atoms with Crippen molar-refractivity contribution >= 4 is 0 Å². The van der Waals surface area contributed by atoms with Gasteiger partial charge in [-0.1, -0.05) is 42.5 Å². The first-order valence-electron chi connectivity index (χ1n) is 5.41. The van der Waals surface area contributed by atoms with Crippen molar-refractivity contribution in [2.45, 2.75) is 26.5 Å². The smallest absolute Gasteiger partial charge is 0.0880 e. The lowest BCUT2D eigenvalue weighted by Crippen LogP contribution is -2.07. The zero-order valence-electron chi connectivity index (χ0n) is 9.30. The van der Waals surface area contributed by atoms with Crippen molar-refractivity contribution in [2.24, 2.45) is 0 Å². The van der Waals surface area contributed by atoms with Crippen molar-refractivity contribution in [3.63, 3.8) is 0 Å². The molecular formula is C12H15N3O. The second-order valence-corrected chi connectivity index (χ2v) is 3.64. The first-order chi connectivity index (χ1) is 7.85. The molecule has 1 N–H and O–H groups in total. The third-order valence-corrected chi connectivity index (χ3v) is 2.58. The number of hydrogen-bond donors (Lipinski definition) is 1. The fourth-order valence-corrected chi connectivity index (χ4v) is 1.70. The number of benzene rings is 1. The zero-order valence-corrected chi connectivity index (χ0v) is 9.30. The van der Waals surface area contributed by atoms with E-state index >= 15 is 0 Å². The fourth-order valence-electron chi connectivity index (χ4n) is 1.70. The van der Waals surface area contributed by atoms with Crippen LogP contribution in [0.15, 0.2) is 30.3 Å². The second-order valence-electron chi connectivity index (χ2n) is 3.64.